The minimum absolute atomic E-state index is 0.0213. The lowest BCUT2D eigenvalue weighted by atomic mass is 9.77. The van der Waals surface area contributed by atoms with Crippen molar-refractivity contribution in [2.45, 2.75) is 58.0 Å². The van der Waals surface area contributed by atoms with Crippen LogP contribution in [0, 0.1) is 12.8 Å². The third-order valence-electron chi connectivity index (χ3n) is 9.38. The number of hydrogen-bond acceptors (Lipinski definition) is 8. The van der Waals surface area contributed by atoms with Gasteiger partial charge in [-0.3, -0.25) is 4.79 Å². The maximum Gasteiger partial charge on any atom is 0.225 e. The van der Waals surface area contributed by atoms with Gasteiger partial charge in [0.25, 0.3) is 0 Å². The molecule has 6 rings (SSSR count). The highest BCUT2D eigenvalue weighted by atomic mass is 35.5. The molecule has 244 valence electrons. The average molecular weight is 661 g/mol. The van der Waals surface area contributed by atoms with E-state index >= 15 is 0 Å². The van der Waals surface area contributed by atoms with E-state index in [1.54, 1.807) is 18.4 Å². The standard InChI is InChI=1S/C36H45ClN6O2S/c1-22(33-17-27(21-46-33)34-26(20-42(3)4)7-6-8-30(34)37)39-35-29-18-28(32(45-5)19-31(29)40-23(2)41-35)24-9-11-25(12-10-24)36(44)43-15-13-38-14-16-43/h6-8,17-19,21-22,24-25,38H,9-16,20H2,1-5H3,(H,39,40,41)/t22-,24?,25?/m1/s1. The molecule has 1 aliphatic heterocycles. The van der Waals surface area contributed by atoms with Gasteiger partial charge in [-0.15, -0.1) is 11.3 Å². The summed E-state index contributed by atoms with van der Waals surface area (Å²) < 4.78 is 5.92. The highest BCUT2D eigenvalue weighted by molar-refractivity contribution is 7.10. The van der Waals surface area contributed by atoms with Crippen LogP contribution in [0.25, 0.3) is 22.0 Å². The summed E-state index contributed by atoms with van der Waals surface area (Å²) >= 11 is 8.46. The van der Waals surface area contributed by atoms with Crippen molar-refractivity contribution >= 4 is 45.6 Å². The smallest absolute Gasteiger partial charge is 0.225 e. The Bertz CT molecular complexity index is 1690. The summed E-state index contributed by atoms with van der Waals surface area (Å²) in [5, 5.41) is 11.0. The van der Waals surface area contributed by atoms with Crippen LogP contribution in [-0.4, -0.2) is 73.1 Å². The van der Waals surface area contributed by atoms with Crippen molar-refractivity contribution in [1.82, 2.24) is 25.1 Å². The molecule has 4 aromatic rings. The normalized spacial score (nSPS) is 19.4. The number of nitrogens with zero attached hydrogens (tertiary/aromatic N) is 4. The Hall–Kier alpha value is -3.24. The maximum absolute atomic E-state index is 13.2. The molecule has 1 amide bonds. The predicted octanol–water partition coefficient (Wildman–Crippen LogP) is 7.27. The second-order valence-corrected chi connectivity index (χ2v) is 14.3. The fourth-order valence-electron chi connectivity index (χ4n) is 7.04. The predicted molar refractivity (Wildman–Crippen MR) is 189 cm³/mol. The number of carbonyl (C=O) groups is 1. The number of fused-ring (bicyclic) bond motifs is 1. The van der Waals surface area contributed by atoms with Gasteiger partial charge in [0.2, 0.25) is 5.91 Å². The number of ether oxygens (including phenoxy) is 1. The summed E-state index contributed by atoms with van der Waals surface area (Å²) in [4.78, 5) is 28.3. The van der Waals surface area contributed by atoms with Crippen molar-refractivity contribution in [3.05, 3.63) is 68.6 Å². The van der Waals surface area contributed by atoms with E-state index in [2.05, 4.69) is 66.2 Å². The number of piperazine rings is 1. The van der Waals surface area contributed by atoms with E-state index in [-0.39, 0.29) is 12.0 Å². The van der Waals surface area contributed by atoms with Gasteiger partial charge in [0.15, 0.2) is 0 Å². The molecule has 0 bridgehead atoms. The van der Waals surface area contributed by atoms with Crippen molar-refractivity contribution in [3.63, 3.8) is 0 Å². The fourth-order valence-corrected chi connectivity index (χ4v) is 8.25. The Kier molecular flexibility index (Phi) is 10.1. The number of aromatic nitrogens is 2. The number of aryl methyl sites for hydroxylation is 1. The first-order chi connectivity index (χ1) is 22.2. The van der Waals surface area contributed by atoms with E-state index in [4.69, 9.17) is 26.3 Å². The molecule has 1 atom stereocenters. The van der Waals surface area contributed by atoms with Crippen LogP contribution in [0.3, 0.4) is 0 Å². The van der Waals surface area contributed by atoms with E-state index in [1.807, 2.05) is 24.0 Å². The number of halogens is 1. The first-order valence-corrected chi connectivity index (χ1v) is 17.6. The van der Waals surface area contributed by atoms with E-state index in [1.165, 1.54) is 16.0 Å². The van der Waals surface area contributed by atoms with Crippen molar-refractivity contribution in [2.75, 3.05) is 52.7 Å². The summed E-state index contributed by atoms with van der Waals surface area (Å²) in [5.74, 6) is 3.16. The van der Waals surface area contributed by atoms with Gasteiger partial charge >= 0.3 is 0 Å². The van der Waals surface area contributed by atoms with Crippen molar-refractivity contribution in [2.24, 2.45) is 5.92 Å². The molecule has 0 radical (unpaired) electrons. The number of nitrogens with one attached hydrogen (secondary N) is 2. The Morgan fingerprint density at radius 2 is 1.91 bits per heavy atom. The summed E-state index contributed by atoms with van der Waals surface area (Å²) in [6.45, 7) is 8.33. The number of anilines is 1. The Labute approximate surface area is 281 Å². The molecule has 10 heteroatoms. The summed E-state index contributed by atoms with van der Waals surface area (Å²) in [7, 11) is 5.88. The largest absolute Gasteiger partial charge is 0.496 e. The van der Waals surface area contributed by atoms with Gasteiger partial charge in [-0.2, -0.15) is 0 Å². The van der Waals surface area contributed by atoms with Crippen LogP contribution < -0.4 is 15.4 Å². The quantitative estimate of drug-likeness (QED) is 0.195. The van der Waals surface area contributed by atoms with E-state index in [9.17, 15) is 4.79 Å². The molecule has 2 N–H and O–H groups in total. The van der Waals surface area contributed by atoms with Crippen molar-refractivity contribution < 1.29 is 9.53 Å². The molecule has 2 aliphatic rings. The molecule has 1 aliphatic carbocycles. The molecule has 2 fully saturated rings. The molecule has 1 saturated heterocycles. The summed E-state index contributed by atoms with van der Waals surface area (Å²) in [5.41, 5.74) is 5.48. The number of rotatable bonds is 9. The van der Waals surface area contributed by atoms with Crippen LogP contribution in [0.2, 0.25) is 5.02 Å². The lowest BCUT2D eigenvalue weighted by Crippen LogP contribution is -2.48. The van der Waals surface area contributed by atoms with Crippen LogP contribution in [-0.2, 0) is 11.3 Å². The van der Waals surface area contributed by atoms with E-state index in [0.29, 0.717) is 17.6 Å². The third-order valence-corrected chi connectivity index (χ3v) is 10.8. The summed E-state index contributed by atoms with van der Waals surface area (Å²) in [6.07, 6.45) is 3.74. The van der Waals surface area contributed by atoms with Gasteiger partial charge in [-0.1, -0.05) is 23.7 Å². The number of thiophene rings is 1. The molecule has 0 unspecified atom stereocenters. The zero-order chi connectivity index (χ0) is 32.4. The SMILES string of the molecule is COc1cc2nc(C)nc(N[C@H](C)c3cc(-c4c(Cl)cccc4CN(C)C)cs3)c2cc1C1CCC(C(=O)N2CCNCC2)CC1. The highest BCUT2D eigenvalue weighted by Gasteiger charge is 2.32. The number of benzene rings is 2. The molecule has 3 heterocycles. The molecule has 2 aromatic carbocycles. The molecule has 46 heavy (non-hydrogen) atoms. The zero-order valence-electron chi connectivity index (χ0n) is 27.5. The average Bonchev–Trinajstić information content (AvgIpc) is 3.54. The van der Waals surface area contributed by atoms with Crippen molar-refractivity contribution in [3.8, 4) is 16.9 Å². The van der Waals surface area contributed by atoms with Crippen molar-refractivity contribution in [1.29, 1.82) is 0 Å². The topological polar surface area (TPSA) is 82.6 Å². The van der Waals surface area contributed by atoms with Gasteiger partial charge in [-0.05, 0) is 99.8 Å². The van der Waals surface area contributed by atoms with Gasteiger partial charge in [0, 0.05) is 65.6 Å². The van der Waals surface area contributed by atoms with Gasteiger partial charge in [-0.25, -0.2) is 9.97 Å². The zero-order valence-corrected chi connectivity index (χ0v) is 29.1. The lowest BCUT2D eigenvalue weighted by molar-refractivity contribution is -0.137. The minimum atomic E-state index is 0.0213. The number of hydrogen-bond donors (Lipinski definition) is 2. The van der Waals surface area contributed by atoms with Gasteiger partial charge in [0.1, 0.15) is 17.4 Å². The van der Waals surface area contributed by atoms with Crippen LogP contribution in [0.5, 0.6) is 5.75 Å². The van der Waals surface area contributed by atoms with Crippen LogP contribution in [0.4, 0.5) is 5.82 Å². The van der Waals surface area contributed by atoms with Crippen LogP contribution in [0.1, 0.15) is 66.4 Å². The third kappa shape index (κ3) is 7.03. The maximum atomic E-state index is 13.2. The molecular weight excluding hydrogens is 616 g/mol. The Morgan fingerprint density at radius 1 is 1.15 bits per heavy atom. The molecule has 0 spiro atoms. The minimum Gasteiger partial charge on any atom is -0.496 e. The molecule has 1 saturated carbocycles. The van der Waals surface area contributed by atoms with Crippen LogP contribution in [0.15, 0.2) is 41.8 Å². The van der Waals surface area contributed by atoms with E-state index < -0.39 is 0 Å². The lowest BCUT2D eigenvalue weighted by Gasteiger charge is -2.34. The highest BCUT2D eigenvalue weighted by Crippen LogP contribution is 2.43. The Balaban J connectivity index is 1.24. The summed E-state index contributed by atoms with van der Waals surface area (Å²) in [6, 6.07) is 12.7. The first-order valence-electron chi connectivity index (χ1n) is 16.3. The van der Waals surface area contributed by atoms with Crippen LogP contribution >= 0.6 is 22.9 Å². The number of carbonyl (C=O) groups excluding carboxylic acids is 1. The van der Waals surface area contributed by atoms with Gasteiger partial charge < -0.3 is 25.2 Å². The second-order valence-electron chi connectivity index (χ2n) is 13.0. The molecule has 8 nitrogen and oxygen atoms in total. The Morgan fingerprint density at radius 3 is 2.63 bits per heavy atom. The second kappa shape index (κ2) is 14.3. The fraction of sp³-hybridized carbons (Fsp3) is 0.472. The number of methoxy groups -OCH3 is 1. The van der Waals surface area contributed by atoms with E-state index in [0.717, 1.165) is 97.0 Å². The monoisotopic (exact) mass is 660 g/mol. The first kappa shape index (κ1) is 32.7. The number of amides is 1. The molecule has 2 aromatic heterocycles. The van der Waals surface area contributed by atoms with Gasteiger partial charge in [0.05, 0.1) is 18.7 Å². The molecular formula is C36H45ClN6O2S.